The molecule has 41 heavy (non-hydrogen) atoms. The number of ether oxygens (including phenoxy) is 1. The van der Waals surface area contributed by atoms with Gasteiger partial charge in [0.2, 0.25) is 17.7 Å². The van der Waals surface area contributed by atoms with E-state index in [4.69, 9.17) is 4.74 Å². The summed E-state index contributed by atoms with van der Waals surface area (Å²) in [6.07, 6.45) is 5.62. The fourth-order valence-corrected chi connectivity index (χ4v) is 6.92. The molecule has 0 aliphatic carbocycles. The quantitative estimate of drug-likeness (QED) is 0.112. The highest BCUT2D eigenvalue weighted by atomic mass is 32.2. The third-order valence-corrected chi connectivity index (χ3v) is 9.25. The van der Waals surface area contributed by atoms with Crippen LogP contribution in [0.4, 0.5) is 4.79 Å². The number of rotatable bonds is 16. The third kappa shape index (κ3) is 9.11. The third-order valence-electron chi connectivity index (χ3n) is 7.74. The Hall–Kier alpha value is -3.28. The molecule has 0 aromatic heterocycles. The molecule has 0 unspecified atom stereocenters. The first kappa shape index (κ1) is 30.7. The second kappa shape index (κ2) is 15.1. The van der Waals surface area contributed by atoms with Gasteiger partial charge >= 0.3 is 12.0 Å². The van der Waals surface area contributed by atoms with Crippen LogP contribution in [0.1, 0.15) is 63.9 Å². The topological polar surface area (TPSA) is 155 Å². The highest BCUT2D eigenvalue weighted by Gasteiger charge is 2.43. The van der Waals surface area contributed by atoms with Gasteiger partial charge in [0.05, 0.1) is 12.1 Å². The number of cyclic esters (lactones) is 1. The van der Waals surface area contributed by atoms with Crippen molar-refractivity contribution in [1.82, 2.24) is 26.6 Å². The summed E-state index contributed by atoms with van der Waals surface area (Å²) in [5.74, 6) is -0.129. The number of amides is 5. The van der Waals surface area contributed by atoms with Crippen molar-refractivity contribution < 1.29 is 28.7 Å². The standard InChI is InChI=1S/C29H41N5O6S/c1-18-25(28(38)40-18)33-27(37)20(16-19-10-4-2-5-11-19)31-24(36)14-6-3-9-15-30-23(35)13-8-7-12-22-26-21(17-41-22)32-29(39)34-26/h2,4-5,10-11,18,20-22,25-26H,3,6-9,12-17H2,1H3,(H,30,35)(H,31,36)(H,33,37)(H2,32,34,39)/t18-,20+,21+,22+,25+,26+/m1/s1. The largest absolute Gasteiger partial charge is 0.458 e. The van der Waals surface area contributed by atoms with Gasteiger partial charge in [-0.15, -0.1) is 0 Å². The zero-order chi connectivity index (χ0) is 29.2. The summed E-state index contributed by atoms with van der Waals surface area (Å²) in [6, 6.07) is 8.26. The van der Waals surface area contributed by atoms with Crippen LogP contribution in [-0.4, -0.2) is 77.5 Å². The Morgan fingerprint density at radius 3 is 2.51 bits per heavy atom. The maximum Gasteiger partial charge on any atom is 0.332 e. The number of thioether (sulfide) groups is 1. The van der Waals surface area contributed by atoms with Gasteiger partial charge in [0, 0.05) is 36.8 Å². The predicted molar refractivity (Wildman–Crippen MR) is 155 cm³/mol. The zero-order valence-corrected chi connectivity index (χ0v) is 24.3. The number of esters is 1. The van der Waals surface area contributed by atoms with Crippen LogP contribution in [0.3, 0.4) is 0 Å². The molecule has 5 N–H and O–H groups in total. The summed E-state index contributed by atoms with van der Waals surface area (Å²) in [5, 5.41) is 14.8. The Labute approximate surface area is 245 Å². The average Bonchev–Trinajstić information content (AvgIpc) is 3.51. The van der Waals surface area contributed by atoms with Crippen LogP contribution in [0, 0.1) is 0 Å². The molecule has 4 rings (SSSR count). The van der Waals surface area contributed by atoms with Crippen LogP contribution in [0.2, 0.25) is 0 Å². The normalized spacial score (nSPS) is 25.1. The summed E-state index contributed by atoms with van der Waals surface area (Å²) >= 11 is 1.89. The molecule has 3 aliphatic rings. The summed E-state index contributed by atoms with van der Waals surface area (Å²) in [6.45, 7) is 2.27. The van der Waals surface area contributed by atoms with E-state index < -0.39 is 24.0 Å². The summed E-state index contributed by atoms with van der Waals surface area (Å²) < 4.78 is 4.91. The second-order valence-electron chi connectivity index (χ2n) is 11.0. The van der Waals surface area contributed by atoms with Crippen molar-refractivity contribution in [1.29, 1.82) is 0 Å². The van der Waals surface area contributed by atoms with Crippen LogP contribution >= 0.6 is 11.8 Å². The Kier molecular flexibility index (Phi) is 11.3. The van der Waals surface area contributed by atoms with E-state index in [2.05, 4.69) is 26.6 Å². The van der Waals surface area contributed by atoms with E-state index in [1.807, 2.05) is 42.1 Å². The first-order chi connectivity index (χ1) is 19.8. The van der Waals surface area contributed by atoms with Gasteiger partial charge in [-0.05, 0) is 38.2 Å². The van der Waals surface area contributed by atoms with Gasteiger partial charge in [-0.1, -0.05) is 43.2 Å². The van der Waals surface area contributed by atoms with E-state index in [0.29, 0.717) is 31.1 Å². The van der Waals surface area contributed by atoms with Gasteiger partial charge in [0.25, 0.3) is 0 Å². The number of nitrogens with one attached hydrogen (secondary N) is 5. The monoisotopic (exact) mass is 587 g/mol. The lowest BCUT2D eigenvalue weighted by molar-refractivity contribution is -0.176. The number of hydrogen-bond donors (Lipinski definition) is 5. The number of carbonyl (C=O) groups excluding carboxylic acids is 5. The highest BCUT2D eigenvalue weighted by Crippen LogP contribution is 2.33. The Bertz CT molecular complexity index is 1090. The fraction of sp³-hybridized carbons (Fsp3) is 0.621. The van der Waals surface area contributed by atoms with Gasteiger partial charge in [-0.2, -0.15) is 11.8 Å². The molecule has 0 saturated carbocycles. The number of benzene rings is 1. The number of carbonyl (C=O) groups is 5. The summed E-state index contributed by atoms with van der Waals surface area (Å²) in [4.78, 5) is 60.8. The van der Waals surface area contributed by atoms with Crippen LogP contribution < -0.4 is 26.6 Å². The van der Waals surface area contributed by atoms with Crippen LogP contribution in [0.15, 0.2) is 30.3 Å². The number of fused-ring (bicyclic) bond motifs is 1. The molecule has 3 fully saturated rings. The van der Waals surface area contributed by atoms with Crippen molar-refractivity contribution in [2.75, 3.05) is 12.3 Å². The lowest BCUT2D eigenvalue weighted by Crippen LogP contribution is -2.62. The number of urea groups is 1. The fourth-order valence-electron chi connectivity index (χ4n) is 5.38. The SMILES string of the molecule is C[C@H]1OC(=O)[C@H]1NC(=O)[C@H](Cc1ccccc1)NC(=O)CCCCCNC(=O)CCCC[C@@H]1SC[C@@H]2NC(=O)N[C@@H]21. The Morgan fingerprint density at radius 2 is 1.76 bits per heavy atom. The first-order valence-electron chi connectivity index (χ1n) is 14.6. The van der Waals surface area contributed by atoms with Gasteiger partial charge in [0.15, 0.2) is 6.04 Å². The maximum atomic E-state index is 12.9. The molecule has 12 heteroatoms. The molecule has 3 saturated heterocycles. The van der Waals surface area contributed by atoms with Crippen molar-refractivity contribution >= 4 is 41.5 Å². The lowest BCUT2D eigenvalue weighted by atomic mass is 10.0. The van der Waals surface area contributed by atoms with E-state index in [1.54, 1.807) is 6.92 Å². The van der Waals surface area contributed by atoms with Gasteiger partial charge in [-0.3, -0.25) is 14.4 Å². The smallest absolute Gasteiger partial charge is 0.332 e. The van der Waals surface area contributed by atoms with Gasteiger partial charge < -0.3 is 31.3 Å². The average molecular weight is 588 g/mol. The molecule has 0 radical (unpaired) electrons. The van der Waals surface area contributed by atoms with Gasteiger partial charge in [-0.25, -0.2) is 9.59 Å². The molecule has 6 atom stereocenters. The molecule has 3 aliphatic heterocycles. The molecule has 11 nitrogen and oxygen atoms in total. The molecule has 1 aromatic rings. The van der Waals surface area contributed by atoms with Crippen LogP contribution in [0.5, 0.6) is 0 Å². The molecule has 3 heterocycles. The van der Waals surface area contributed by atoms with E-state index in [0.717, 1.165) is 43.4 Å². The highest BCUT2D eigenvalue weighted by molar-refractivity contribution is 8.00. The van der Waals surface area contributed by atoms with Crippen molar-refractivity contribution in [2.45, 2.75) is 100 Å². The van der Waals surface area contributed by atoms with E-state index in [9.17, 15) is 24.0 Å². The molecule has 0 spiro atoms. The number of hydrogen-bond acceptors (Lipinski definition) is 7. The van der Waals surface area contributed by atoms with E-state index >= 15 is 0 Å². The van der Waals surface area contributed by atoms with Crippen molar-refractivity contribution in [2.24, 2.45) is 0 Å². The Balaban J connectivity index is 1.06. The van der Waals surface area contributed by atoms with E-state index in [1.165, 1.54) is 0 Å². The minimum Gasteiger partial charge on any atom is -0.458 e. The molecule has 0 bridgehead atoms. The number of unbranched alkanes of at least 4 members (excludes halogenated alkanes) is 3. The predicted octanol–water partition coefficient (Wildman–Crippen LogP) is 1.55. The minimum absolute atomic E-state index is 0.0370. The summed E-state index contributed by atoms with van der Waals surface area (Å²) in [7, 11) is 0. The maximum absolute atomic E-state index is 12.9. The molecule has 1 aromatic carbocycles. The molecule has 224 valence electrons. The summed E-state index contributed by atoms with van der Waals surface area (Å²) in [5.41, 5.74) is 0.901. The van der Waals surface area contributed by atoms with Crippen molar-refractivity contribution in [3.05, 3.63) is 35.9 Å². The van der Waals surface area contributed by atoms with Gasteiger partial charge in [0.1, 0.15) is 12.1 Å². The lowest BCUT2D eigenvalue weighted by Gasteiger charge is -2.33. The molecular weight excluding hydrogens is 546 g/mol. The van der Waals surface area contributed by atoms with E-state index in [-0.39, 0.29) is 42.5 Å². The minimum atomic E-state index is -0.799. The van der Waals surface area contributed by atoms with Crippen molar-refractivity contribution in [3.8, 4) is 0 Å². The molecular formula is C29H41N5O6S. The van der Waals surface area contributed by atoms with Crippen LogP contribution in [0.25, 0.3) is 0 Å². The molecule has 5 amide bonds. The Morgan fingerprint density at radius 1 is 1.00 bits per heavy atom. The zero-order valence-electron chi connectivity index (χ0n) is 23.5. The van der Waals surface area contributed by atoms with Crippen molar-refractivity contribution in [3.63, 3.8) is 0 Å². The second-order valence-corrected chi connectivity index (χ2v) is 12.2. The van der Waals surface area contributed by atoms with Crippen LogP contribution in [-0.2, 0) is 30.3 Å². The first-order valence-corrected chi connectivity index (χ1v) is 15.6.